The largest absolute Gasteiger partial charge is 0.369 e. The van der Waals surface area contributed by atoms with Gasteiger partial charge in [0.1, 0.15) is 11.5 Å². The van der Waals surface area contributed by atoms with Crippen LogP contribution < -0.4 is 5.32 Å². The van der Waals surface area contributed by atoms with Crippen LogP contribution in [0.15, 0.2) is 12.4 Å². The van der Waals surface area contributed by atoms with Gasteiger partial charge in [-0.1, -0.05) is 27.7 Å². The van der Waals surface area contributed by atoms with E-state index in [9.17, 15) is 4.79 Å². The first kappa shape index (κ1) is 16.4. The molecule has 1 aromatic heterocycles. The molecule has 0 radical (unpaired) electrons. The van der Waals surface area contributed by atoms with Crippen LogP contribution in [0.25, 0.3) is 0 Å². The fraction of sp³-hybridized carbons (Fsp3) is 0.667. The Bertz CT molecular complexity index is 404. The van der Waals surface area contributed by atoms with Crippen LogP contribution in [-0.4, -0.2) is 40.4 Å². The average molecular weight is 278 g/mol. The molecule has 0 unspecified atom stereocenters. The Balaban J connectivity index is 2.82. The molecule has 112 valence electrons. The number of hydrogen-bond donors (Lipinski definition) is 1. The number of aromatic nitrogens is 2. The van der Waals surface area contributed by atoms with Crippen molar-refractivity contribution in [1.82, 2.24) is 14.9 Å². The molecule has 0 aliphatic heterocycles. The highest BCUT2D eigenvalue weighted by atomic mass is 16.2. The molecule has 0 bridgehead atoms. The fourth-order valence-electron chi connectivity index (χ4n) is 1.99. The molecule has 0 saturated carbocycles. The molecule has 1 amide bonds. The fourth-order valence-corrected chi connectivity index (χ4v) is 1.99. The molecule has 0 saturated heterocycles. The molecule has 0 aromatic carbocycles. The minimum atomic E-state index is -0.0389. The summed E-state index contributed by atoms with van der Waals surface area (Å²) in [4.78, 5) is 22.8. The smallest absolute Gasteiger partial charge is 0.274 e. The zero-order chi connectivity index (χ0) is 15.1. The number of carbonyl (C=O) groups excluding carboxylic acids is 1. The molecule has 0 aliphatic carbocycles. The highest BCUT2D eigenvalue weighted by molar-refractivity contribution is 5.92. The van der Waals surface area contributed by atoms with E-state index in [1.165, 1.54) is 0 Å². The van der Waals surface area contributed by atoms with Crippen molar-refractivity contribution in [3.05, 3.63) is 18.1 Å². The number of nitrogens with zero attached hydrogens (tertiary/aromatic N) is 3. The average Bonchev–Trinajstić information content (AvgIpc) is 2.37. The Labute approximate surface area is 121 Å². The van der Waals surface area contributed by atoms with Crippen molar-refractivity contribution in [2.24, 2.45) is 11.8 Å². The normalized spacial score (nSPS) is 10.9. The minimum Gasteiger partial charge on any atom is -0.369 e. The van der Waals surface area contributed by atoms with E-state index in [1.807, 2.05) is 11.8 Å². The summed E-state index contributed by atoms with van der Waals surface area (Å²) in [5.74, 6) is 1.53. The van der Waals surface area contributed by atoms with Gasteiger partial charge in [-0.2, -0.15) is 0 Å². The van der Waals surface area contributed by atoms with E-state index >= 15 is 0 Å². The van der Waals surface area contributed by atoms with Crippen LogP contribution in [0.3, 0.4) is 0 Å². The van der Waals surface area contributed by atoms with Crippen LogP contribution in [0.5, 0.6) is 0 Å². The number of nitrogens with one attached hydrogen (secondary N) is 1. The lowest BCUT2D eigenvalue weighted by molar-refractivity contribution is 0.0708. The lowest BCUT2D eigenvalue weighted by atomic mass is 10.1. The second-order valence-electron chi connectivity index (χ2n) is 5.82. The Kier molecular flexibility index (Phi) is 6.42. The third kappa shape index (κ3) is 5.15. The van der Waals surface area contributed by atoms with Crippen LogP contribution in [0.2, 0.25) is 0 Å². The van der Waals surface area contributed by atoms with E-state index in [1.54, 1.807) is 12.4 Å². The van der Waals surface area contributed by atoms with E-state index in [-0.39, 0.29) is 5.91 Å². The molecule has 1 N–H and O–H groups in total. The molecule has 0 atom stereocenters. The van der Waals surface area contributed by atoms with Gasteiger partial charge in [-0.05, 0) is 18.8 Å². The van der Waals surface area contributed by atoms with Crippen LogP contribution in [0.1, 0.15) is 45.1 Å². The summed E-state index contributed by atoms with van der Waals surface area (Å²) in [7, 11) is 0. The van der Waals surface area contributed by atoms with E-state index in [0.717, 1.165) is 19.6 Å². The predicted molar refractivity (Wildman–Crippen MR) is 81.8 cm³/mol. The van der Waals surface area contributed by atoms with Crippen molar-refractivity contribution in [3.63, 3.8) is 0 Å². The maximum atomic E-state index is 12.5. The van der Waals surface area contributed by atoms with Crippen LogP contribution in [0.4, 0.5) is 5.82 Å². The van der Waals surface area contributed by atoms with E-state index in [2.05, 4.69) is 43.0 Å². The summed E-state index contributed by atoms with van der Waals surface area (Å²) in [6, 6.07) is 0. The van der Waals surface area contributed by atoms with Crippen LogP contribution >= 0.6 is 0 Å². The van der Waals surface area contributed by atoms with Gasteiger partial charge in [0.2, 0.25) is 0 Å². The van der Waals surface area contributed by atoms with Gasteiger partial charge in [-0.15, -0.1) is 0 Å². The molecule has 1 heterocycles. The Morgan fingerprint density at radius 1 is 1.15 bits per heavy atom. The van der Waals surface area contributed by atoms with Gasteiger partial charge in [-0.3, -0.25) is 4.79 Å². The molecular formula is C15H26N4O. The Hall–Kier alpha value is -1.65. The Morgan fingerprint density at radius 2 is 1.75 bits per heavy atom. The summed E-state index contributed by atoms with van der Waals surface area (Å²) >= 11 is 0. The summed E-state index contributed by atoms with van der Waals surface area (Å²) in [5.41, 5.74) is 0.410. The maximum absolute atomic E-state index is 12.5. The van der Waals surface area contributed by atoms with E-state index in [4.69, 9.17) is 0 Å². The molecule has 0 spiro atoms. The number of rotatable bonds is 7. The minimum absolute atomic E-state index is 0.0389. The SMILES string of the molecule is CCNc1cnc(C(=O)N(CC(C)C)CC(C)C)cn1. The third-order valence-electron chi connectivity index (χ3n) is 2.69. The lowest BCUT2D eigenvalue weighted by Crippen LogP contribution is -2.37. The van der Waals surface area contributed by atoms with Gasteiger partial charge in [0.05, 0.1) is 12.4 Å². The van der Waals surface area contributed by atoms with E-state index < -0.39 is 0 Å². The number of hydrogen-bond acceptors (Lipinski definition) is 4. The quantitative estimate of drug-likeness (QED) is 0.833. The second kappa shape index (κ2) is 7.82. The van der Waals surface area contributed by atoms with E-state index in [0.29, 0.717) is 23.3 Å². The van der Waals surface area contributed by atoms with Gasteiger partial charge < -0.3 is 10.2 Å². The molecule has 0 fully saturated rings. The first-order chi connectivity index (χ1) is 9.43. The molecular weight excluding hydrogens is 252 g/mol. The number of amides is 1. The number of anilines is 1. The van der Waals surface area contributed by atoms with Gasteiger partial charge in [0, 0.05) is 19.6 Å². The van der Waals surface area contributed by atoms with Gasteiger partial charge >= 0.3 is 0 Å². The molecule has 1 rings (SSSR count). The van der Waals surface area contributed by atoms with Crippen molar-refractivity contribution in [2.45, 2.75) is 34.6 Å². The lowest BCUT2D eigenvalue weighted by Gasteiger charge is -2.26. The van der Waals surface area contributed by atoms with Crippen LogP contribution in [-0.2, 0) is 0 Å². The molecule has 1 aromatic rings. The van der Waals surface area contributed by atoms with Crippen molar-refractivity contribution in [1.29, 1.82) is 0 Å². The zero-order valence-corrected chi connectivity index (χ0v) is 13.2. The first-order valence-electron chi connectivity index (χ1n) is 7.29. The standard InChI is InChI=1S/C15H26N4O/c1-6-16-14-8-17-13(7-18-14)15(20)19(9-11(2)3)10-12(4)5/h7-8,11-12H,6,9-10H2,1-5H3,(H,16,18). The summed E-state index contributed by atoms with van der Waals surface area (Å²) in [6.45, 7) is 12.7. The molecule has 5 nitrogen and oxygen atoms in total. The second-order valence-corrected chi connectivity index (χ2v) is 5.82. The van der Waals surface area contributed by atoms with Gasteiger partial charge in [-0.25, -0.2) is 9.97 Å². The molecule has 5 heteroatoms. The zero-order valence-electron chi connectivity index (χ0n) is 13.2. The van der Waals surface area contributed by atoms with Gasteiger partial charge in [0.25, 0.3) is 5.91 Å². The van der Waals surface area contributed by atoms with Crippen molar-refractivity contribution < 1.29 is 4.79 Å². The van der Waals surface area contributed by atoms with Crippen LogP contribution in [0, 0.1) is 11.8 Å². The topological polar surface area (TPSA) is 58.1 Å². The summed E-state index contributed by atoms with van der Waals surface area (Å²) < 4.78 is 0. The van der Waals surface area contributed by atoms with Crippen molar-refractivity contribution in [2.75, 3.05) is 25.0 Å². The number of carbonyl (C=O) groups is 1. The van der Waals surface area contributed by atoms with Crippen molar-refractivity contribution >= 4 is 11.7 Å². The molecule has 0 aliphatic rings. The Morgan fingerprint density at radius 3 is 2.15 bits per heavy atom. The van der Waals surface area contributed by atoms with Gasteiger partial charge in [0.15, 0.2) is 0 Å². The monoisotopic (exact) mass is 278 g/mol. The summed E-state index contributed by atoms with van der Waals surface area (Å²) in [5, 5.41) is 3.07. The molecule has 20 heavy (non-hydrogen) atoms. The highest BCUT2D eigenvalue weighted by Crippen LogP contribution is 2.09. The summed E-state index contributed by atoms with van der Waals surface area (Å²) in [6.07, 6.45) is 3.16. The highest BCUT2D eigenvalue weighted by Gasteiger charge is 2.19. The maximum Gasteiger partial charge on any atom is 0.274 e. The van der Waals surface area contributed by atoms with Crippen molar-refractivity contribution in [3.8, 4) is 0 Å². The third-order valence-corrected chi connectivity index (χ3v) is 2.69. The predicted octanol–water partition coefficient (Wildman–Crippen LogP) is 2.66. The first-order valence-corrected chi connectivity index (χ1v) is 7.29.